The summed E-state index contributed by atoms with van der Waals surface area (Å²) >= 11 is 5.85. The first-order chi connectivity index (χ1) is 15.7. The van der Waals surface area contributed by atoms with E-state index in [1.165, 1.54) is 37.7 Å². The Balaban J connectivity index is 1.78. The van der Waals surface area contributed by atoms with Gasteiger partial charge in [0, 0.05) is 36.8 Å². The van der Waals surface area contributed by atoms with Crippen molar-refractivity contribution < 1.29 is 21.9 Å². The van der Waals surface area contributed by atoms with Gasteiger partial charge in [0.05, 0.1) is 23.0 Å². The molecule has 0 aliphatic rings. The normalized spacial score (nSPS) is 11.4. The first-order valence-corrected chi connectivity index (χ1v) is 11.1. The van der Waals surface area contributed by atoms with Crippen molar-refractivity contribution in [1.29, 1.82) is 0 Å². The van der Waals surface area contributed by atoms with Crippen LogP contribution in [0.3, 0.4) is 0 Å². The summed E-state index contributed by atoms with van der Waals surface area (Å²) in [6.07, 6.45) is 3.62. The fraction of sp³-hybridized carbons (Fsp3) is 0.100. The van der Waals surface area contributed by atoms with Gasteiger partial charge >= 0.3 is 0 Å². The first kappa shape index (κ1) is 22.6. The first-order valence-electron chi connectivity index (χ1n) is 9.25. The van der Waals surface area contributed by atoms with Gasteiger partial charge in [0.15, 0.2) is 16.5 Å². The van der Waals surface area contributed by atoms with Gasteiger partial charge in [0.1, 0.15) is 5.82 Å². The Hall–Kier alpha value is -3.64. The lowest BCUT2D eigenvalue weighted by Gasteiger charge is -2.13. The minimum absolute atomic E-state index is 0.0280. The Morgan fingerprint density at radius 1 is 1.03 bits per heavy atom. The number of methoxy groups -OCH3 is 1. The third-order valence-corrected chi connectivity index (χ3v) is 6.14. The minimum atomic E-state index is -4.40. The molecule has 0 saturated heterocycles. The summed E-state index contributed by atoms with van der Waals surface area (Å²) in [7, 11) is -1.55. The van der Waals surface area contributed by atoms with Crippen molar-refractivity contribution in [2.45, 2.75) is 4.90 Å². The van der Waals surface area contributed by atoms with E-state index in [0.717, 1.165) is 12.3 Å². The average molecular weight is 493 g/mol. The SMILES string of the molecule is CNc1ncc2c(F)c(-c3ccnc(NS(=O)(=O)c4cc(Cl)cnc4OC)c3F)ccc2n1. The van der Waals surface area contributed by atoms with Gasteiger partial charge in [-0.25, -0.2) is 37.1 Å². The van der Waals surface area contributed by atoms with E-state index in [9.17, 15) is 8.42 Å². The second-order valence-electron chi connectivity index (χ2n) is 6.59. The molecular formula is C20H15ClF2N6O3S. The van der Waals surface area contributed by atoms with Gasteiger partial charge < -0.3 is 10.1 Å². The van der Waals surface area contributed by atoms with Crippen molar-refractivity contribution >= 4 is 44.3 Å². The molecule has 9 nitrogen and oxygen atoms in total. The van der Waals surface area contributed by atoms with Crippen molar-refractivity contribution in [3.8, 4) is 17.0 Å². The van der Waals surface area contributed by atoms with E-state index in [1.807, 2.05) is 4.72 Å². The van der Waals surface area contributed by atoms with Gasteiger partial charge in [-0.15, -0.1) is 0 Å². The number of halogens is 3. The molecule has 3 heterocycles. The van der Waals surface area contributed by atoms with Gasteiger partial charge in [-0.05, 0) is 24.3 Å². The number of rotatable bonds is 6. The fourth-order valence-corrected chi connectivity index (χ4v) is 4.44. The largest absolute Gasteiger partial charge is 0.480 e. The van der Waals surface area contributed by atoms with Gasteiger partial charge in [0.25, 0.3) is 10.0 Å². The van der Waals surface area contributed by atoms with Crippen LogP contribution in [0, 0.1) is 11.6 Å². The van der Waals surface area contributed by atoms with Crippen LogP contribution in [0.4, 0.5) is 20.5 Å². The van der Waals surface area contributed by atoms with E-state index in [4.69, 9.17) is 16.3 Å². The third-order valence-electron chi connectivity index (χ3n) is 4.60. The smallest absolute Gasteiger partial charge is 0.268 e. The molecule has 0 spiro atoms. The number of sulfonamides is 1. The van der Waals surface area contributed by atoms with Crippen LogP contribution in [0.5, 0.6) is 5.88 Å². The number of nitrogens with zero attached hydrogens (tertiary/aromatic N) is 4. The van der Waals surface area contributed by atoms with Crippen LogP contribution in [0.2, 0.25) is 5.02 Å². The monoisotopic (exact) mass is 492 g/mol. The highest BCUT2D eigenvalue weighted by Gasteiger charge is 2.25. The molecule has 0 bridgehead atoms. The zero-order chi connectivity index (χ0) is 23.8. The summed E-state index contributed by atoms with van der Waals surface area (Å²) in [5, 5.41) is 2.85. The fourth-order valence-electron chi connectivity index (χ4n) is 3.06. The highest BCUT2D eigenvalue weighted by atomic mass is 35.5. The van der Waals surface area contributed by atoms with E-state index in [-0.39, 0.29) is 27.4 Å². The summed E-state index contributed by atoms with van der Waals surface area (Å²) < 4.78 is 63.2. The molecule has 33 heavy (non-hydrogen) atoms. The van der Waals surface area contributed by atoms with Crippen LogP contribution in [0.25, 0.3) is 22.0 Å². The van der Waals surface area contributed by atoms with Gasteiger partial charge in [-0.3, -0.25) is 4.72 Å². The van der Waals surface area contributed by atoms with Crippen LogP contribution in [0.1, 0.15) is 0 Å². The number of anilines is 2. The maximum absolute atomic E-state index is 15.3. The van der Waals surface area contributed by atoms with Crippen molar-refractivity contribution in [3.05, 3.63) is 59.5 Å². The lowest BCUT2D eigenvalue weighted by atomic mass is 10.0. The quantitative estimate of drug-likeness (QED) is 0.416. The number of nitrogens with one attached hydrogen (secondary N) is 2. The molecule has 1 aromatic carbocycles. The highest BCUT2D eigenvalue weighted by Crippen LogP contribution is 2.33. The molecular weight excluding hydrogens is 478 g/mol. The van der Waals surface area contributed by atoms with Gasteiger partial charge in [0.2, 0.25) is 11.8 Å². The number of aromatic nitrogens is 4. The second kappa shape index (κ2) is 8.71. The van der Waals surface area contributed by atoms with E-state index in [0.29, 0.717) is 11.5 Å². The zero-order valence-electron chi connectivity index (χ0n) is 17.1. The minimum Gasteiger partial charge on any atom is -0.480 e. The second-order valence-corrected chi connectivity index (χ2v) is 8.68. The average Bonchev–Trinajstić information content (AvgIpc) is 2.80. The maximum Gasteiger partial charge on any atom is 0.268 e. The molecule has 0 aliphatic carbocycles. The molecule has 0 unspecified atom stereocenters. The molecule has 0 radical (unpaired) electrons. The Kier molecular flexibility index (Phi) is 5.95. The van der Waals surface area contributed by atoms with Crippen LogP contribution in [0.15, 0.2) is 47.8 Å². The van der Waals surface area contributed by atoms with Crippen LogP contribution in [-0.2, 0) is 10.0 Å². The Bertz CT molecular complexity index is 1490. The standard InChI is InChI=1S/C20H15ClF2N6O3S/c1-24-20-27-9-13-14(28-20)4-3-11(16(13)22)12-5-6-25-18(17(12)23)29-33(30,31)15-7-10(21)8-26-19(15)32-2/h3-9H,1-2H3,(H,25,29)(H,24,27,28). The maximum atomic E-state index is 15.3. The van der Waals surface area contributed by atoms with Crippen molar-refractivity contribution in [1.82, 2.24) is 19.9 Å². The molecule has 4 aromatic rings. The van der Waals surface area contributed by atoms with Crippen molar-refractivity contribution in [2.24, 2.45) is 0 Å². The van der Waals surface area contributed by atoms with E-state index in [1.54, 1.807) is 7.05 Å². The number of hydrogen-bond acceptors (Lipinski definition) is 8. The lowest BCUT2D eigenvalue weighted by Crippen LogP contribution is -2.17. The summed E-state index contributed by atoms with van der Waals surface area (Å²) in [5.41, 5.74) is -0.0202. The van der Waals surface area contributed by atoms with Crippen LogP contribution < -0.4 is 14.8 Å². The summed E-state index contributed by atoms with van der Waals surface area (Å²) in [5.74, 6) is -2.44. The number of ether oxygens (including phenoxy) is 1. The zero-order valence-corrected chi connectivity index (χ0v) is 18.7. The van der Waals surface area contributed by atoms with E-state index >= 15 is 8.78 Å². The number of hydrogen-bond donors (Lipinski definition) is 2. The molecule has 3 aromatic heterocycles. The number of benzene rings is 1. The number of fused-ring (bicyclic) bond motifs is 1. The predicted molar refractivity (Wildman–Crippen MR) is 119 cm³/mol. The summed E-state index contributed by atoms with van der Waals surface area (Å²) in [6, 6.07) is 5.16. The van der Waals surface area contributed by atoms with E-state index < -0.39 is 32.4 Å². The number of pyridine rings is 2. The van der Waals surface area contributed by atoms with Crippen molar-refractivity contribution in [2.75, 3.05) is 24.2 Å². The Morgan fingerprint density at radius 3 is 2.52 bits per heavy atom. The Labute approximate surface area is 191 Å². The summed E-state index contributed by atoms with van der Waals surface area (Å²) in [6.45, 7) is 0. The Morgan fingerprint density at radius 2 is 1.79 bits per heavy atom. The molecule has 0 aliphatic heterocycles. The van der Waals surface area contributed by atoms with E-state index in [2.05, 4.69) is 25.3 Å². The molecule has 0 fully saturated rings. The topological polar surface area (TPSA) is 119 Å². The molecule has 4 rings (SSSR count). The van der Waals surface area contributed by atoms with Gasteiger partial charge in [-0.2, -0.15) is 0 Å². The van der Waals surface area contributed by atoms with Crippen LogP contribution >= 0.6 is 11.6 Å². The lowest BCUT2D eigenvalue weighted by molar-refractivity contribution is 0.385. The van der Waals surface area contributed by atoms with Gasteiger partial charge in [-0.1, -0.05) is 11.6 Å². The molecule has 2 N–H and O–H groups in total. The summed E-state index contributed by atoms with van der Waals surface area (Å²) in [4.78, 5) is 15.3. The predicted octanol–water partition coefficient (Wildman–Crippen LogP) is 3.87. The van der Waals surface area contributed by atoms with Crippen LogP contribution in [-0.4, -0.2) is 42.5 Å². The molecule has 0 amide bonds. The van der Waals surface area contributed by atoms with Crippen molar-refractivity contribution in [3.63, 3.8) is 0 Å². The highest BCUT2D eigenvalue weighted by molar-refractivity contribution is 7.92. The molecule has 170 valence electrons. The molecule has 0 atom stereocenters. The third kappa shape index (κ3) is 4.22. The molecule has 0 saturated carbocycles. The molecule has 13 heteroatoms.